The molecule has 1 amide bonds. The predicted molar refractivity (Wildman–Crippen MR) is 86.6 cm³/mol. The number of methoxy groups -OCH3 is 2. The van der Waals surface area contributed by atoms with Gasteiger partial charge in [-0.05, 0) is 18.6 Å². The fourth-order valence-electron chi connectivity index (χ4n) is 1.99. The summed E-state index contributed by atoms with van der Waals surface area (Å²) in [4.78, 5) is 12.4. The van der Waals surface area contributed by atoms with Gasteiger partial charge in [-0.1, -0.05) is 25.6 Å². The van der Waals surface area contributed by atoms with Gasteiger partial charge in [0, 0.05) is 18.2 Å². The van der Waals surface area contributed by atoms with Crippen molar-refractivity contribution in [2.45, 2.75) is 26.3 Å². The van der Waals surface area contributed by atoms with Crippen LogP contribution in [0.15, 0.2) is 18.2 Å². The minimum absolute atomic E-state index is 0.151. The summed E-state index contributed by atoms with van der Waals surface area (Å²) in [6.45, 7) is 2.35. The minimum Gasteiger partial charge on any atom is -0.497 e. The number of thiocarbonyl (C=S) groups is 1. The highest BCUT2D eigenvalue weighted by molar-refractivity contribution is 7.80. The smallest absolute Gasteiger partial charge is 0.230 e. The van der Waals surface area contributed by atoms with Crippen LogP contribution in [0.3, 0.4) is 0 Å². The van der Waals surface area contributed by atoms with E-state index in [1.165, 1.54) is 0 Å². The van der Waals surface area contributed by atoms with Gasteiger partial charge in [-0.25, -0.2) is 0 Å². The van der Waals surface area contributed by atoms with Crippen molar-refractivity contribution in [1.82, 2.24) is 5.32 Å². The van der Waals surface area contributed by atoms with E-state index in [0.29, 0.717) is 24.5 Å². The molecule has 1 atom stereocenters. The topological polar surface area (TPSA) is 73.6 Å². The Labute approximate surface area is 130 Å². The molecule has 116 valence electrons. The number of benzene rings is 1. The molecule has 3 N–H and O–H groups in total. The van der Waals surface area contributed by atoms with Gasteiger partial charge in [0.05, 0.1) is 25.1 Å². The lowest BCUT2D eigenvalue weighted by atomic mass is 10.0. The van der Waals surface area contributed by atoms with Gasteiger partial charge in [0.25, 0.3) is 0 Å². The molecule has 0 aliphatic heterocycles. The Morgan fingerprint density at radius 2 is 2.10 bits per heavy atom. The number of carbonyl (C=O) groups excluding carboxylic acids is 1. The number of nitrogens with two attached hydrogens (primary N) is 1. The summed E-state index contributed by atoms with van der Waals surface area (Å²) in [5.74, 6) is 0.794. The monoisotopic (exact) mass is 310 g/mol. The molecule has 0 aliphatic carbocycles. The molecule has 1 rings (SSSR count). The summed E-state index contributed by atoms with van der Waals surface area (Å²) in [5, 5.41) is 2.85. The van der Waals surface area contributed by atoms with E-state index in [9.17, 15) is 4.79 Å². The van der Waals surface area contributed by atoms with E-state index in [0.717, 1.165) is 12.0 Å². The maximum Gasteiger partial charge on any atom is 0.230 e. The van der Waals surface area contributed by atoms with E-state index < -0.39 is 5.92 Å². The van der Waals surface area contributed by atoms with Crippen LogP contribution >= 0.6 is 12.2 Å². The maximum atomic E-state index is 12.1. The first kappa shape index (κ1) is 17.2. The SMILES string of the molecule is CCCC(C(=O)NCc1ccc(OC)cc1OC)C(N)=S. The highest BCUT2D eigenvalue weighted by Crippen LogP contribution is 2.24. The second-order valence-corrected chi connectivity index (χ2v) is 5.11. The minimum atomic E-state index is -0.422. The van der Waals surface area contributed by atoms with Crippen LogP contribution in [0.4, 0.5) is 0 Å². The van der Waals surface area contributed by atoms with Gasteiger partial charge in [-0.2, -0.15) is 0 Å². The molecule has 0 saturated carbocycles. The summed E-state index contributed by atoms with van der Waals surface area (Å²) in [6, 6.07) is 5.45. The first-order chi connectivity index (χ1) is 10.0. The number of hydrogen-bond donors (Lipinski definition) is 2. The van der Waals surface area contributed by atoms with Crippen LogP contribution in [0.2, 0.25) is 0 Å². The Morgan fingerprint density at radius 1 is 1.38 bits per heavy atom. The van der Waals surface area contributed by atoms with Crippen LogP contribution in [-0.2, 0) is 11.3 Å². The van der Waals surface area contributed by atoms with E-state index in [2.05, 4.69) is 5.32 Å². The zero-order chi connectivity index (χ0) is 15.8. The van der Waals surface area contributed by atoms with Gasteiger partial charge in [-0.15, -0.1) is 0 Å². The third-order valence-corrected chi connectivity index (χ3v) is 3.47. The Hall–Kier alpha value is -1.82. The molecule has 0 aromatic heterocycles. The highest BCUT2D eigenvalue weighted by Gasteiger charge is 2.20. The van der Waals surface area contributed by atoms with Gasteiger partial charge in [0.2, 0.25) is 5.91 Å². The van der Waals surface area contributed by atoms with Crippen LogP contribution < -0.4 is 20.5 Å². The number of amides is 1. The molecule has 0 bridgehead atoms. The highest BCUT2D eigenvalue weighted by atomic mass is 32.1. The van der Waals surface area contributed by atoms with Crippen LogP contribution in [0.25, 0.3) is 0 Å². The molecule has 5 nitrogen and oxygen atoms in total. The first-order valence-electron chi connectivity index (χ1n) is 6.81. The largest absolute Gasteiger partial charge is 0.497 e. The van der Waals surface area contributed by atoms with Crippen molar-refractivity contribution in [2.24, 2.45) is 11.7 Å². The molecule has 1 aromatic rings. The van der Waals surface area contributed by atoms with E-state index in [-0.39, 0.29) is 10.9 Å². The van der Waals surface area contributed by atoms with E-state index in [4.69, 9.17) is 27.4 Å². The molecule has 1 aromatic carbocycles. The summed E-state index contributed by atoms with van der Waals surface area (Å²) >= 11 is 4.95. The van der Waals surface area contributed by atoms with Crippen LogP contribution in [-0.4, -0.2) is 25.1 Å². The van der Waals surface area contributed by atoms with Crippen molar-refractivity contribution in [2.75, 3.05) is 14.2 Å². The fourth-order valence-corrected chi connectivity index (χ4v) is 2.22. The lowest BCUT2D eigenvalue weighted by molar-refractivity contribution is -0.123. The molecule has 6 heteroatoms. The van der Waals surface area contributed by atoms with Crippen molar-refractivity contribution in [3.05, 3.63) is 23.8 Å². The Morgan fingerprint density at radius 3 is 2.62 bits per heavy atom. The molecule has 0 fully saturated rings. The summed E-state index contributed by atoms with van der Waals surface area (Å²) < 4.78 is 10.4. The third-order valence-electron chi connectivity index (χ3n) is 3.18. The molecule has 0 spiro atoms. The van der Waals surface area contributed by atoms with E-state index in [1.807, 2.05) is 19.1 Å². The van der Waals surface area contributed by atoms with Crippen molar-refractivity contribution in [1.29, 1.82) is 0 Å². The van der Waals surface area contributed by atoms with Crippen molar-refractivity contribution in [3.63, 3.8) is 0 Å². The van der Waals surface area contributed by atoms with Gasteiger partial charge in [0.1, 0.15) is 11.5 Å². The van der Waals surface area contributed by atoms with E-state index >= 15 is 0 Å². The Bertz CT molecular complexity index is 506. The summed E-state index contributed by atoms with van der Waals surface area (Å²) in [6.07, 6.45) is 1.50. The molecule has 0 heterocycles. The van der Waals surface area contributed by atoms with Crippen molar-refractivity contribution < 1.29 is 14.3 Å². The zero-order valence-electron chi connectivity index (χ0n) is 12.6. The number of carbonyl (C=O) groups is 1. The fraction of sp³-hybridized carbons (Fsp3) is 0.467. The number of rotatable bonds is 8. The lowest BCUT2D eigenvalue weighted by Crippen LogP contribution is -2.37. The lowest BCUT2D eigenvalue weighted by Gasteiger charge is -2.16. The van der Waals surface area contributed by atoms with Gasteiger partial charge in [-0.3, -0.25) is 4.79 Å². The second kappa shape index (κ2) is 8.46. The average molecular weight is 310 g/mol. The average Bonchev–Trinajstić information content (AvgIpc) is 2.49. The molecule has 1 unspecified atom stereocenters. The quantitative estimate of drug-likeness (QED) is 0.719. The number of nitrogens with one attached hydrogen (secondary N) is 1. The molecule has 0 saturated heterocycles. The third kappa shape index (κ3) is 4.90. The second-order valence-electron chi connectivity index (χ2n) is 4.64. The molecular weight excluding hydrogens is 288 g/mol. The van der Waals surface area contributed by atoms with Crippen LogP contribution in [0, 0.1) is 5.92 Å². The van der Waals surface area contributed by atoms with Gasteiger partial charge >= 0.3 is 0 Å². The number of hydrogen-bond acceptors (Lipinski definition) is 4. The standard InChI is InChI=1S/C15H22N2O3S/c1-4-5-12(14(16)21)15(18)17-9-10-6-7-11(19-2)8-13(10)20-3/h6-8,12H,4-5,9H2,1-3H3,(H2,16,21)(H,17,18). The number of ether oxygens (including phenoxy) is 2. The Balaban J connectivity index is 2.74. The Kier molecular flexibility index (Phi) is 6.94. The van der Waals surface area contributed by atoms with Gasteiger partial charge in [0.15, 0.2) is 0 Å². The molecule has 0 aliphatic rings. The first-order valence-corrected chi connectivity index (χ1v) is 7.22. The normalized spacial score (nSPS) is 11.6. The van der Waals surface area contributed by atoms with Crippen molar-refractivity contribution >= 4 is 23.1 Å². The molecule has 0 radical (unpaired) electrons. The van der Waals surface area contributed by atoms with Crippen LogP contribution in [0.1, 0.15) is 25.3 Å². The zero-order valence-corrected chi connectivity index (χ0v) is 13.5. The molecule has 21 heavy (non-hydrogen) atoms. The summed E-state index contributed by atoms with van der Waals surface area (Å²) in [7, 11) is 3.17. The van der Waals surface area contributed by atoms with Gasteiger partial charge < -0.3 is 20.5 Å². The van der Waals surface area contributed by atoms with E-state index in [1.54, 1.807) is 20.3 Å². The molecular formula is C15H22N2O3S. The van der Waals surface area contributed by atoms with Crippen molar-refractivity contribution in [3.8, 4) is 11.5 Å². The van der Waals surface area contributed by atoms with Crippen LogP contribution in [0.5, 0.6) is 11.5 Å². The predicted octanol–water partition coefficient (Wildman–Crippen LogP) is 2.02. The summed E-state index contributed by atoms with van der Waals surface area (Å²) in [5.41, 5.74) is 6.48. The maximum absolute atomic E-state index is 12.1.